The molecule has 0 aromatic heterocycles. The number of rotatable bonds is 3. The Hall–Kier alpha value is -0.610. The maximum Gasteiger partial charge on any atom is 0.221 e. The van der Waals surface area contributed by atoms with Crippen molar-refractivity contribution in [1.29, 1.82) is 0 Å². The van der Waals surface area contributed by atoms with E-state index >= 15 is 0 Å². The summed E-state index contributed by atoms with van der Waals surface area (Å²) in [4.78, 5) is 11.7. The van der Waals surface area contributed by atoms with E-state index in [4.69, 9.17) is 4.74 Å². The van der Waals surface area contributed by atoms with Crippen LogP contribution < -0.4 is 10.6 Å². The Morgan fingerprint density at radius 2 is 2.33 bits per heavy atom. The summed E-state index contributed by atoms with van der Waals surface area (Å²) < 4.78 is 5.32. The molecule has 2 rings (SSSR count). The molecular formula is C11H20N2O2. The van der Waals surface area contributed by atoms with Gasteiger partial charge < -0.3 is 15.4 Å². The molecule has 86 valence electrons. The second-order valence-corrected chi connectivity index (χ2v) is 4.48. The maximum absolute atomic E-state index is 11.7. The van der Waals surface area contributed by atoms with Gasteiger partial charge in [-0.1, -0.05) is 0 Å². The van der Waals surface area contributed by atoms with Crippen molar-refractivity contribution in [1.82, 2.24) is 10.6 Å². The van der Waals surface area contributed by atoms with Gasteiger partial charge in [-0.15, -0.1) is 0 Å². The molecule has 0 aliphatic carbocycles. The summed E-state index contributed by atoms with van der Waals surface area (Å²) in [5.74, 6) is 0.171. The smallest absolute Gasteiger partial charge is 0.221 e. The van der Waals surface area contributed by atoms with E-state index in [2.05, 4.69) is 10.6 Å². The first-order valence-electron chi connectivity index (χ1n) is 5.95. The van der Waals surface area contributed by atoms with Crippen LogP contribution in [0.3, 0.4) is 0 Å². The topological polar surface area (TPSA) is 50.4 Å². The van der Waals surface area contributed by atoms with Gasteiger partial charge in [0.25, 0.3) is 0 Å². The number of carbonyl (C=O) groups is 1. The number of carbonyl (C=O) groups excluding carboxylic acids is 1. The molecule has 2 aliphatic heterocycles. The van der Waals surface area contributed by atoms with Crippen LogP contribution in [0.15, 0.2) is 0 Å². The summed E-state index contributed by atoms with van der Waals surface area (Å²) in [5, 5.41) is 6.37. The molecule has 2 atom stereocenters. The lowest BCUT2D eigenvalue weighted by Gasteiger charge is -2.23. The molecule has 2 unspecified atom stereocenters. The van der Waals surface area contributed by atoms with E-state index in [1.54, 1.807) is 0 Å². The molecule has 0 spiro atoms. The van der Waals surface area contributed by atoms with Crippen LogP contribution in [0.1, 0.15) is 32.1 Å². The van der Waals surface area contributed by atoms with E-state index < -0.39 is 0 Å². The van der Waals surface area contributed by atoms with Crippen molar-refractivity contribution in [3.05, 3.63) is 0 Å². The summed E-state index contributed by atoms with van der Waals surface area (Å²) in [6.45, 7) is 2.59. The first-order valence-corrected chi connectivity index (χ1v) is 5.95. The van der Waals surface area contributed by atoms with Gasteiger partial charge in [-0.05, 0) is 32.2 Å². The van der Waals surface area contributed by atoms with Crippen molar-refractivity contribution < 1.29 is 9.53 Å². The van der Waals surface area contributed by atoms with Crippen molar-refractivity contribution in [3.63, 3.8) is 0 Å². The molecule has 0 aromatic carbocycles. The molecule has 2 heterocycles. The van der Waals surface area contributed by atoms with E-state index in [0.29, 0.717) is 19.1 Å². The summed E-state index contributed by atoms with van der Waals surface area (Å²) >= 11 is 0. The van der Waals surface area contributed by atoms with Crippen molar-refractivity contribution in [2.24, 2.45) is 0 Å². The van der Waals surface area contributed by atoms with Gasteiger partial charge in [0.1, 0.15) is 0 Å². The van der Waals surface area contributed by atoms with Crippen LogP contribution in [0.4, 0.5) is 0 Å². The highest BCUT2D eigenvalue weighted by Gasteiger charge is 2.20. The lowest BCUT2D eigenvalue weighted by molar-refractivity contribution is -0.123. The number of amides is 1. The molecule has 0 radical (unpaired) electrons. The van der Waals surface area contributed by atoms with Crippen LogP contribution in [-0.4, -0.2) is 37.7 Å². The number of ether oxygens (including phenoxy) is 1. The number of hydrogen-bond donors (Lipinski definition) is 2. The predicted octanol–water partition coefficient (Wildman–Crippen LogP) is 0.424. The summed E-state index contributed by atoms with van der Waals surface area (Å²) in [5.41, 5.74) is 0. The highest BCUT2D eigenvalue weighted by atomic mass is 16.5. The largest absolute Gasteiger partial charge is 0.379 e. The molecule has 2 aliphatic rings. The Bertz CT molecular complexity index is 209. The van der Waals surface area contributed by atoms with E-state index in [1.165, 1.54) is 6.42 Å². The first-order chi connectivity index (χ1) is 7.34. The van der Waals surface area contributed by atoms with Crippen molar-refractivity contribution in [2.75, 3.05) is 19.8 Å². The third-order valence-electron chi connectivity index (χ3n) is 3.12. The van der Waals surface area contributed by atoms with Crippen molar-refractivity contribution in [3.8, 4) is 0 Å². The van der Waals surface area contributed by atoms with Gasteiger partial charge in [0, 0.05) is 19.1 Å². The first kappa shape index (κ1) is 10.9. The molecule has 2 fully saturated rings. The summed E-state index contributed by atoms with van der Waals surface area (Å²) in [7, 11) is 0. The Morgan fingerprint density at radius 3 is 3.00 bits per heavy atom. The average Bonchev–Trinajstić information content (AvgIpc) is 2.71. The van der Waals surface area contributed by atoms with Crippen LogP contribution >= 0.6 is 0 Å². The van der Waals surface area contributed by atoms with E-state index in [9.17, 15) is 4.79 Å². The molecule has 4 heteroatoms. The van der Waals surface area contributed by atoms with Gasteiger partial charge >= 0.3 is 0 Å². The zero-order valence-corrected chi connectivity index (χ0v) is 9.13. The zero-order chi connectivity index (χ0) is 10.5. The molecule has 2 N–H and O–H groups in total. The highest BCUT2D eigenvalue weighted by molar-refractivity contribution is 5.76. The molecule has 0 saturated carbocycles. The minimum atomic E-state index is 0.171. The van der Waals surface area contributed by atoms with Crippen LogP contribution in [0, 0.1) is 0 Å². The van der Waals surface area contributed by atoms with Gasteiger partial charge in [-0.2, -0.15) is 0 Å². The van der Waals surface area contributed by atoms with Crippen LogP contribution in [0.25, 0.3) is 0 Å². The molecule has 4 nitrogen and oxygen atoms in total. The Kier molecular flexibility index (Phi) is 3.97. The number of hydrogen-bond acceptors (Lipinski definition) is 3. The molecule has 0 bridgehead atoms. The summed E-state index contributed by atoms with van der Waals surface area (Å²) in [6, 6.07) is 0.641. The molecular weight excluding hydrogens is 192 g/mol. The number of nitrogens with one attached hydrogen (secondary N) is 2. The fourth-order valence-electron chi connectivity index (χ4n) is 2.30. The molecule has 1 amide bonds. The van der Waals surface area contributed by atoms with Gasteiger partial charge in [0.2, 0.25) is 5.91 Å². The van der Waals surface area contributed by atoms with E-state index in [-0.39, 0.29) is 11.9 Å². The lowest BCUT2D eigenvalue weighted by Crippen LogP contribution is -2.42. The standard InChI is InChI=1S/C11H20N2O2/c14-11(7-9-3-1-5-12-9)13-10-4-2-6-15-8-10/h9-10,12H,1-8H2,(H,13,14). The van der Waals surface area contributed by atoms with Gasteiger partial charge in [0.05, 0.1) is 12.6 Å². The Morgan fingerprint density at radius 1 is 1.40 bits per heavy atom. The minimum Gasteiger partial charge on any atom is -0.379 e. The summed E-state index contributed by atoms with van der Waals surface area (Å²) in [6.07, 6.45) is 5.08. The average molecular weight is 212 g/mol. The second kappa shape index (κ2) is 5.47. The minimum absolute atomic E-state index is 0.171. The third kappa shape index (κ3) is 3.47. The molecule has 15 heavy (non-hydrogen) atoms. The monoisotopic (exact) mass is 212 g/mol. The fraction of sp³-hybridized carbons (Fsp3) is 0.909. The normalized spacial score (nSPS) is 31.5. The Labute approximate surface area is 90.8 Å². The quantitative estimate of drug-likeness (QED) is 0.713. The maximum atomic E-state index is 11.7. The zero-order valence-electron chi connectivity index (χ0n) is 9.13. The highest BCUT2D eigenvalue weighted by Crippen LogP contribution is 2.10. The van der Waals surface area contributed by atoms with Crippen molar-refractivity contribution >= 4 is 5.91 Å². The van der Waals surface area contributed by atoms with E-state index in [0.717, 1.165) is 32.4 Å². The van der Waals surface area contributed by atoms with Gasteiger partial charge in [-0.3, -0.25) is 4.79 Å². The van der Waals surface area contributed by atoms with Gasteiger partial charge in [-0.25, -0.2) is 0 Å². The second-order valence-electron chi connectivity index (χ2n) is 4.48. The van der Waals surface area contributed by atoms with E-state index in [1.807, 2.05) is 0 Å². The fourth-order valence-corrected chi connectivity index (χ4v) is 2.30. The SMILES string of the molecule is O=C(CC1CCCN1)NC1CCCOC1. The van der Waals surface area contributed by atoms with Crippen molar-refractivity contribution in [2.45, 2.75) is 44.2 Å². The molecule has 2 saturated heterocycles. The van der Waals surface area contributed by atoms with Crippen LogP contribution in [-0.2, 0) is 9.53 Å². The third-order valence-corrected chi connectivity index (χ3v) is 3.12. The predicted molar refractivity (Wildman–Crippen MR) is 57.6 cm³/mol. The van der Waals surface area contributed by atoms with Crippen LogP contribution in [0.2, 0.25) is 0 Å². The molecule has 0 aromatic rings. The van der Waals surface area contributed by atoms with Gasteiger partial charge in [0.15, 0.2) is 0 Å². The lowest BCUT2D eigenvalue weighted by atomic mass is 10.1. The Balaban J connectivity index is 1.66. The van der Waals surface area contributed by atoms with Crippen LogP contribution in [0.5, 0.6) is 0 Å².